The molecule has 0 saturated carbocycles. The molecule has 4 nitrogen and oxygen atoms in total. The summed E-state index contributed by atoms with van der Waals surface area (Å²) in [4.78, 5) is 11.9. The van der Waals surface area contributed by atoms with E-state index in [1.54, 1.807) is 6.07 Å². The second kappa shape index (κ2) is 7.91. The van der Waals surface area contributed by atoms with E-state index in [2.05, 4.69) is 42.4 Å². The van der Waals surface area contributed by atoms with Gasteiger partial charge in [0.05, 0.1) is 11.8 Å². The van der Waals surface area contributed by atoms with Crippen LogP contribution in [0.25, 0.3) is 6.08 Å². The number of phenolic OH excluding ortho intramolecular Hbond substituents is 1. The predicted molar refractivity (Wildman–Crippen MR) is 95.1 cm³/mol. The van der Waals surface area contributed by atoms with Crippen molar-refractivity contribution in [2.24, 2.45) is 5.10 Å². The number of halogens is 2. The first-order valence-corrected chi connectivity index (χ1v) is 7.89. The summed E-state index contributed by atoms with van der Waals surface area (Å²) in [5.41, 5.74) is 3.52. The molecule has 6 heteroatoms. The Balaban J connectivity index is 2.01. The minimum Gasteiger partial charge on any atom is -0.507 e. The molecule has 2 aromatic carbocycles. The van der Waals surface area contributed by atoms with Gasteiger partial charge in [-0.2, -0.15) is 5.10 Å². The zero-order valence-electron chi connectivity index (χ0n) is 11.3. The minimum atomic E-state index is -0.491. The number of phenols is 1. The summed E-state index contributed by atoms with van der Waals surface area (Å²) >= 11 is 6.60. The van der Waals surface area contributed by atoms with E-state index in [1.165, 1.54) is 18.3 Å². The average molecular weight is 424 g/mol. The van der Waals surface area contributed by atoms with Crippen LogP contribution in [0.5, 0.6) is 5.75 Å². The monoisotopic (exact) mass is 422 g/mol. The molecule has 0 aromatic heterocycles. The highest BCUT2D eigenvalue weighted by Gasteiger charge is 2.10. The Morgan fingerprint density at radius 3 is 2.64 bits per heavy atom. The molecule has 2 rings (SSSR count). The zero-order valence-corrected chi connectivity index (χ0v) is 14.5. The van der Waals surface area contributed by atoms with Gasteiger partial charge in [-0.05, 0) is 45.8 Å². The van der Waals surface area contributed by atoms with Gasteiger partial charge in [0.15, 0.2) is 0 Å². The number of amides is 1. The Bertz CT molecular complexity index is 728. The summed E-state index contributed by atoms with van der Waals surface area (Å²) in [5.74, 6) is -0.593. The van der Waals surface area contributed by atoms with E-state index in [0.29, 0.717) is 8.96 Å². The maximum absolute atomic E-state index is 11.9. The number of allylic oxidation sites excluding steroid dienone is 1. The molecular formula is C16H12Br2N2O2. The number of hydrogen-bond donors (Lipinski definition) is 2. The van der Waals surface area contributed by atoms with Gasteiger partial charge in [-0.3, -0.25) is 4.79 Å². The third-order valence-electron chi connectivity index (χ3n) is 2.66. The Labute approximate surface area is 144 Å². The number of rotatable bonds is 4. The fourth-order valence-corrected chi connectivity index (χ4v) is 2.38. The fourth-order valence-electron chi connectivity index (χ4n) is 1.65. The topological polar surface area (TPSA) is 61.7 Å². The van der Waals surface area contributed by atoms with E-state index in [0.717, 1.165) is 5.56 Å². The number of hydrogen-bond acceptors (Lipinski definition) is 3. The van der Waals surface area contributed by atoms with Crippen LogP contribution in [0.15, 0.2) is 62.6 Å². The average Bonchev–Trinajstić information content (AvgIpc) is 2.50. The number of nitrogens with one attached hydrogen (secondary N) is 1. The summed E-state index contributed by atoms with van der Waals surface area (Å²) in [6, 6.07) is 14.3. The summed E-state index contributed by atoms with van der Waals surface area (Å²) in [6.45, 7) is 0. The number of hydrazone groups is 1. The van der Waals surface area contributed by atoms with Crippen LogP contribution in [0, 0.1) is 0 Å². The Kier molecular flexibility index (Phi) is 5.91. The first kappa shape index (κ1) is 16.5. The Hall–Kier alpha value is -1.92. The molecule has 0 spiro atoms. The van der Waals surface area contributed by atoms with Crippen LogP contribution >= 0.6 is 31.9 Å². The largest absolute Gasteiger partial charge is 0.507 e. The number of nitrogens with zero attached hydrogens (tertiary/aromatic N) is 1. The lowest BCUT2D eigenvalue weighted by Gasteiger charge is -2.03. The fraction of sp³-hybridized carbons (Fsp3) is 0. The zero-order chi connectivity index (χ0) is 15.9. The SMILES string of the molecule is O=C(NN=C/C(Br)=C/c1ccccc1)c1cc(Br)ccc1O. The molecule has 0 radical (unpaired) electrons. The van der Waals surface area contributed by atoms with Crippen LogP contribution in [-0.2, 0) is 0 Å². The van der Waals surface area contributed by atoms with Gasteiger partial charge < -0.3 is 5.11 Å². The van der Waals surface area contributed by atoms with Gasteiger partial charge in [0, 0.05) is 8.96 Å². The minimum absolute atomic E-state index is 0.102. The predicted octanol–water partition coefficient (Wildman–Crippen LogP) is 4.31. The van der Waals surface area contributed by atoms with E-state index < -0.39 is 5.91 Å². The summed E-state index contributed by atoms with van der Waals surface area (Å²) in [7, 11) is 0. The molecule has 0 heterocycles. The molecular weight excluding hydrogens is 412 g/mol. The molecule has 22 heavy (non-hydrogen) atoms. The molecule has 0 saturated heterocycles. The summed E-state index contributed by atoms with van der Waals surface area (Å²) in [5, 5.41) is 13.5. The van der Waals surface area contributed by atoms with Crippen LogP contribution in [0.1, 0.15) is 15.9 Å². The highest BCUT2D eigenvalue weighted by atomic mass is 79.9. The van der Waals surface area contributed by atoms with E-state index >= 15 is 0 Å². The van der Waals surface area contributed by atoms with Crippen LogP contribution in [0.2, 0.25) is 0 Å². The van der Waals surface area contributed by atoms with Crippen molar-refractivity contribution in [3.8, 4) is 5.75 Å². The number of carbonyl (C=O) groups is 1. The molecule has 2 aromatic rings. The van der Waals surface area contributed by atoms with Gasteiger partial charge in [0.25, 0.3) is 5.91 Å². The van der Waals surface area contributed by atoms with Gasteiger partial charge in [0.2, 0.25) is 0 Å². The standard InChI is InChI=1S/C16H12Br2N2O2/c17-12-6-7-15(21)14(9-12)16(22)20-19-10-13(18)8-11-4-2-1-3-5-11/h1-10,21H,(H,20,22)/b13-8-,19-10?. The lowest BCUT2D eigenvalue weighted by atomic mass is 10.2. The van der Waals surface area contributed by atoms with Gasteiger partial charge in [-0.1, -0.05) is 46.3 Å². The van der Waals surface area contributed by atoms with Crippen molar-refractivity contribution in [2.75, 3.05) is 0 Å². The van der Waals surface area contributed by atoms with E-state index in [1.807, 2.05) is 36.4 Å². The number of carbonyl (C=O) groups excluding carboxylic acids is 1. The van der Waals surface area contributed by atoms with Crippen molar-refractivity contribution in [2.45, 2.75) is 0 Å². The lowest BCUT2D eigenvalue weighted by molar-refractivity contribution is 0.0952. The molecule has 1 amide bonds. The summed E-state index contributed by atoms with van der Waals surface area (Å²) < 4.78 is 1.40. The van der Waals surface area contributed by atoms with Crippen molar-refractivity contribution in [3.05, 3.63) is 68.6 Å². The van der Waals surface area contributed by atoms with Gasteiger partial charge in [-0.25, -0.2) is 5.43 Å². The Morgan fingerprint density at radius 2 is 1.91 bits per heavy atom. The smallest absolute Gasteiger partial charge is 0.275 e. The molecule has 0 bridgehead atoms. The second-order valence-electron chi connectivity index (χ2n) is 4.30. The van der Waals surface area contributed by atoms with Gasteiger partial charge >= 0.3 is 0 Å². The van der Waals surface area contributed by atoms with E-state index in [4.69, 9.17) is 0 Å². The molecule has 0 aliphatic heterocycles. The first-order chi connectivity index (χ1) is 10.6. The van der Waals surface area contributed by atoms with Crippen molar-refractivity contribution in [1.82, 2.24) is 5.43 Å². The molecule has 0 fully saturated rings. The third-order valence-corrected chi connectivity index (χ3v) is 3.59. The number of aromatic hydroxyl groups is 1. The van der Waals surface area contributed by atoms with Crippen LogP contribution in [-0.4, -0.2) is 17.2 Å². The molecule has 0 atom stereocenters. The molecule has 0 aliphatic carbocycles. The molecule has 2 N–H and O–H groups in total. The van der Waals surface area contributed by atoms with Crippen LogP contribution in [0.4, 0.5) is 0 Å². The van der Waals surface area contributed by atoms with E-state index in [-0.39, 0.29) is 11.3 Å². The highest BCUT2D eigenvalue weighted by Crippen LogP contribution is 2.21. The van der Waals surface area contributed by atoms with Gasteiger partial charge in [-0.15, -0.1) is 0 Å². The Morgan fingerprint density at radius 1 is 1.18 bits per heavy atom. The van der Waals surface area contributed by atoms with Crippen molar-refractivity contribution < 1.29 is 9.90 Å². The maximum Gasteiger partial charge on any atom is 0.275 e. The van der Waals surface area contributed by atoms with Crippen LogP contribution in [0.3, 0.4) is 0 Å². The molecule has 112 valence electrons. The third kappa shape index (κ3) is 4.82. The summed E-state index contributed by atoms with van der Waals surface area (Å²) in [6.07, 6.45) is 3.34. The second-order valence-corrected chi connectivity index (χ2v) is 6.13. The van der Waals surface area contributed by atoms with Crippen molar-refractivity contribution in [1.29, 1.82) is 0 Å². The van der Waals surface area contributed by atoms with Crippen molar-refractivity contribution in [3.63, 3.8) is 0 Å². The normalized spacial score (nSPS) is 11.6. The highest BCUT2D eigenvalue weighted by molar-refractivity contribution is 9.12. The lowest BCUT2D eigenvalue weighted by Crippen LogP contribution is -2.17. The maximum atomic E-state index is 11.9. The van der Waals surface area contributed by atoms with Crippen molar-refractivity contribution >= 4 is 50.1 Å². The van der Waals surface area contributed by atoms with Crippen LogP contribution < -0.4 is 5.43 Å². The first-order valence-electron chi connectivity index (χ1n) is 6.30. The quantitative estimate of drug-likeness (QED) is 0.568. The molecule has 0 unspecified atom stereocenters. The van der Waals surface area contributed by atoms with E-state index in [9.17, 15) is 9.90 Å². The number of benzene rings is 2. The molecule has 0 aliphatic rings. The van der Waals surface area contributed by atoms with Gasteiger partial charge in [0.1, 0.15) is 5.75 Å².